The van der Waals surface area contributed by atoms with Gasteiger partial charge >= 0.3 is 0 Å². The van der Waals surface area contributed by atoms with Gasteiger partial charge in [0.05, 0.1) is 17.8 Å². The lowest BCUT2D eigenvalue weighted by atomic mass is 10.1. The van der Waals surface area contributed by atoms with E-state index in [-0.39, 0.29) is 0 Å². The number of benzene rings is 1. The topological polar surface area (TPSA) is 30.7 Å². The zero-order valence-corrected chi connectivity index (χ0v) is 10.6. The zero-order valence-electron chi connectivity index (χ0n) is 10.6. The monoisotopic (exact) mass is 237 g/mol. The van der Waals surface area contributed by atoms with Crippen LogP contribution in [0.15, 0.2) is 42.6 Å². The van der Waals surface area contributed by atoms with Crippen molar-refractivity contribution >= 4 is 10.9 Å². The van der Waals surface area contributed by atoms with Gasteiger partial charge in [-0.1, -0.05) is 12.1 Å². The summed E-state index contributed by atoms with van der Waals surface area (Å²) in [6, 6.07) is 12.6. The average Bonchev–Trinajstić information content (AvgIpc) is 2.75. The summed E-state index contributed by atoms with van der Waals surface area (Å²) < 4.78 is 1.96. The van der Waals surface area contributed by atoms with E-state index in [2.05, 4.69) is 34.3 Å². The van der Waals surface area contributed by atoms with E-state index < -0.39 is 0 Å². The number of hydrogen-bond acceptors (Lipinski definition) is 2. The molecule has 1 aromatic carbocycles. The molecule has 0 spiro atoms. The van der Waals surface area contributed by atoms with Gasteiger partial charge in [0.2, 0.25) is 0 Å². The highest BCUT2D eigenvalue weighted by atomic mass is 15.3. The normalized spacial score (nSPS) is 11.0. The Bertz CT molecular complexity index is 698. The summed E-state index contributed by atoms with van der Waals surface area (Å²) in [6.45, 7) is 4.82. The molecule has 3 aromatic rings. The summed E-state index contributed by atoms with van der Waals surface area (Å²) in [5.74, 6) is 0. The van der Waals surface area contributed by atoms with Crippen molar-refractivity contribution in [1.29, 1.82) is 0 Å². The molecular formula is C15H15N3. The number of aromatic nitrogens is 3. The Labute approximate surface area is 106 Å². The summed E-state index contributed by atoms with van der Waals surface area (Å²) in [4.78, 5) is 4.51. The number of rotatable bonds is 2. The summed E-state index contributed by atoms with van der Waals surface area (Å²) in [7, 11) is 0. The minimum absolute atomic E-state index is 0.803. The van der Waals surface area contributed by atoms with E-state index in [1.807, 2.05) is 36.9 Å². The SMILES string of the molecule is Cc1ccc2cc(Cn3ccc(C)n3)ccc2n1. The minimum atomic E-state index is 0.803. The van der Waals surface area contributed by atoms with Crippen LogP contribution in [0.25, 0.3) is 10.9 Å². The van der Waals surface area contributed by atoms with E-state index in [0.29, 0.717) is 0 Å². The Balaban J connectivity index is 1.96. The predicted molar refractivity (Wildman–Crippen MR) is 72.5 cm³/mol. The lowest BCUT2D eigenvalue weighted by Gasteiger charge is -2.04. The van der Waals surface area contributed by atoms with Crippen molar-refractivity contribution in [3.8, 4) is 0 Å². The fourth-order valence-corrected chi connectivity index (χ4v) is 2.11. The molecule has 0 radical (unpaired) electrons. The molecule has 0 saturated carbocycles. The van der Waals surface area contributed by atoms with Crippen molar-refractivity contribution in [3.05, 3.63) is 59.5 Å². The first-order valence-corrected chi connectivity index (χ1v) is 6.07. The lowest BCUT2D eigenvalue weighted by Crippen LogP contribution is -2.00. The molecule has 2 heterocycles. The second-order valence-corrected chi connectivity index (χ2v) is 4.63. The molecule has 0 saturated heterocycles. The molecular weight excluding hydrogens is 222 g/mol. The zero-order chi connectivity index (χ0) is 12.5. The van der Waals surface area contributed by atoms with E-state index >= 15 is 0 Å². The van der Waals surface area contributed by atoms with E-state index in [0.717, 1.165) is 23.4 Å². The van der Waals surface area contributed by atoms with Crippen LogP contribution >= 0.6 is 0 Å². The Hall–Kier alpha value is -2.16. The molecule has 0 aliphatic heterocycles. The average molecular weight is 237 g/mol. The van der Waals surface area contributed by atoms with Crippen LogP contribution in [-0.4, -0.2) is 14.8 Å². The van der Waals surface area contributed by atoms with Crippen molar-refractivity contribution in [3.63, 3.8) is 0 Å². The first kappa shape index (κ1) is 11.0. The van der Waals surface area contributed by atoms with E-state index in [9.17, 15) is 0 Å². The van der Waals surface area contributed by atoms with Crippen molar-refractivity contribution in [2.45, 2.75) is 20.4 Å². The van der Waals surface area contributed by atoms with Crippen LogP contribution in [0, 0.1) is 13.8 Å². The fraction of sp³-hybridized carbons (Fsp3) is 0.200. The molecule has 90 valence electrons. The molecule has 0 bridgehead atoms. The van der Waals surface area contributed by atoms with Gasteiger partial charge in [-0.05, 0) is 43.7 Å². The quantitative estimate of drug-likeness (QED) is 0.685. The number of pyridine rings is 1. The second-order valence-electron chi connectivity index (χ2n) is 4.63. The number of aryl methyl sites for hydroxylation is 2. The maximum Gasteiger partial charge on any atom is 0.0705 e. The predicted octanol–water partition coefficient (Wildman–Crippen LogP) is 3.10. The number of nitrogens with zero attached hydrogens (tertiary/aromatic N) is 3. The van der Waals surface area contributed by atoms with Crippen molar-refractivity contribution in [1.82, 2.24) is 14.8 Å². The van der Waals surface area contributed by atoms with E-state index in [1.54, 1.807) is 0 Å². The van der Waals surface area contributed by atoms with Gasteiger partial charge in [0.1, 0.15) is 0 Å². The fourth-order valence-electron chi connectivity index (χ4n) is 2.11. The molecule has 3 nitrogen and oxygen atoms in total. The van der Waals surface area contributed by atoms with Gasteiger partial charge in [0.15, 0.2) is 0 Å². The molecule has 0 unspecified atom stereocenters. The van der Waals surface area contributed by atoms with Crippen LogP contribution in [0.1, 0.15) is 17.0 Å². The first-order valence-electron chi connectivity index (χ1n) is 6.07. The molecule has 0 aliphatic rings. The third-order valence-electron chi connectivity index (χ3n) is 3.01. The largest absolute Gasteiger partial charge is 0.268 e. The highest BCUT2D eigenvalue weighted by Crippen LogP contribution is 2.15. The van der Waals surface area contributed by atoms with E-state index in [1.165, 1.54) is 10.9 Å². The lowest BCUT2D eigenvalue weighted by molar-refractivity contribution is 0.680. The van der Waals surface area contributed by atoms with Gasteiger partial charge in [-0.15, -0.1) is 0 Å². The Morgan fingerprint density at radius 1 is 1.00 bits per heavy atom. The van der Waals surface area contributed by atoms with Crippen molar-refractivity contribution < 1.29 is 0 Å². The highest BCUT2D eigenvalue weighted by molar-refractivity contribution is 5.79. The van der Waals surface area contributed by atoms with Crippen LogP contribution in [0.2, 0.25) is 0 Å². The third kappa shape index (κ3) is 2.12. The van der Waals surface area contributed by atoms with Crippen molar-refractivity contribution in [2.24, 2.45) is 0 Å². The van der Waals surface area contributed by atoms with Gasteiger partial charge < -0.3 is 0 Å². The standard InChI is InChI=1S/C15H15N3/c1-11-3-5-14-9-13(4-6-15(14)16-11)10-18-8-7-12(2)17-18/h3-9H,10H2,1-2H3. The number of hydrogen-bond donors (Lipinski definition) is 0. The van der Waals surface area contributed by atoms with Gasteiger partial charge in [0, 0.05) is 17.3 Å². The first-order chi connectivity index (χ1) is 8.70. The third-order valence-corrected chi connectivity index (χ3v) is 3.01. The van der Waals surface area contributed by atoms with Gasteiger partial charge in [-0.25, -0.2) is 0 Å². The molecule has 2 aromatic heterocycles. The molecule has 0 aliphatic carbocycles. The maximum absolute atomic E-state index is 4.51. The maximum atomic E-state index is 4.51. The Kier molecular flexibility index (Phi) is 2.59. The van der Waals surface area contributed by atoms with Crippen LogP contribution < -0.4 is 0 Å². The molecule has 0 fully saturated rings. The molecule has 0 N–H and O–H groups in total. The molecule has 0 atom stereocenters. The Morgan fingerprint density at radius 2 is 1.89 bits per heavy atom. The summed E-state index contributed by atoms with van der Waals surface area (Å²) >= 11 is 0. The van der Waals surface area contributed by atoms with Gasteiger partial charge in [-0.3, -0.25) is 9.67 Å². The molecule has 3 rings (SSSR count). The van der Waals surface area contributed by atoms with Crippen LogP contribution in [0.5, 0.6) is 0 Å². The Morgan fingerprint density at radius 3 is 2.67 bits per heavy atom. The van der Waals surface area contributed by atoms with Gasteiger partial charge in [-0.2, -0.15) is 5.10 Å². The molecule has 3 heteroatoms. The molecule has 18 heavy (non-hydrogen) atoms. The smallest absolute Gasteiger partial charge is 0.0705 e. The van der Waals surface area contributed by atoms with Crippen molar-refractivity contribution in [2.75, 3.05) is 0 Å². The van der Waals surface area contributed by atoms with Gasteiger partial charge in [0.25, 0.3) is 0 Å². The molecule has 0 amide bonds. The van der Waals surface area contributed by atoms with Crippen LogP contribution in [0.4, 0.5) is 0 Å². The van der Waals surface area contributed by atoms with Crippen LogP contribution in [0.3, 0.4) is 0 Å². The minimum Gasteiger partial charge on any atom is -0.268 e. The highest BCUT2D eigenvalue weighted by Gasteiger charge is 2.00. The van der Waals surface area contributed by atoms with Crippen LogP contribution in [-0.2, 0) is 6.54 Å². The summed E-state index contributed by atoms with van der Waals surface area (Å²) in [5, 5.41) is 5.58. The summed E-state index contributed by atoms with van der Waals surface area (Å²) in [5.41, 5.74) is 4.40. The summed E-state index contributed by atoms with van der Waals surface area (Å²) in [6.07, 6.45) is 2.01. The van der Waals surface area contributed by atoms with E-state index in [4.69, 9.17) is 0 Å². The second kappa shape index (κ2) is 4.26. The number of fused-ring (bicyclic) bond motifs is 1.